The summed E-state index contributed by atoms with van der Waals surface area (Å²) >= 11 is 0. The third-order valence-corrected chi connectivity index (χ3v) is 3.07. The van der Waals surface area contributed by atoms with Gasteiger partial charge in [-0.15, -0.1) is 0 Å². The van der Waals surface area contributed by atoms with Crippen LogP contribution in [0.25, 0.3) is 0 Å². The fourth-order valence-electron chi connectivity index (χ4n) is 1.92. The van der Waals surface area contributed by atoms with Crippen LogP contribution in [-0.2, 0) is 14.4 Å². The molecule has 94 valence electrons. The van der Waals surface area contributed by atoms with Gasteiger partial charge in [0.25, 0.3) is 0 Å². The van der Waals surface area contributed by atoms with Crippen LogP contribution in [0.3, 0.4) is 0 Å². The van der Waals surface area contributed by atoms with Crippen LogP contribution in [0.5, 0.6) is 0 Å². The molecule has 0 bridgehead atoms. The van der Waals surface area contributed by atoms with Crippen LogP contribution in [0.2, 0.25) is 0 Å². The minimum Gasteiger partial charge on any atom is -0.481 e. The second-order valence-electron chi connectivity index (χ2n) is 4.27. The number of imide groups is 1. The van der Waals surface area contributed by atoms with E-state index in [1.807, 2.05) is 0 Å². The lowest BCUT2D eigenvalue weighted by Gasteiger charge is -2.15. The maximum atomic E-state index is 11.5. The Bertz CT molecular complexity index is 490. The van der Waals surface area contributed by atoms with Gasteiger partial charge < -0.3 is 5.11 Å². The summed E-state index contributed by atoms with van der Waals surface area (Å²) in [4.78, 5) is 35.0. The number of rotatable bonds is 3. The number of aliphatic carboxylic acids is 1. The summed E-state index contributed by atoms with van der Waals surface area (Å²) in [5, 5.41) is 8.88. The molecule has 1 N–H and O–H groups in total. The maximum Gasteiger partial charge on any atom is 0.310 e. The molecule has 0 saturated carbocycles. The second kappa shape index (κ2) is 4.60. The molecule has 0 radical (unpaired) electrons. The first-order valence-corrected chi connectivity index (χ1v) is 5.69. The van der Waals surface area contributed by atoms with Crippen molar-refractivity contribution in [2.75, 3.05) is 4.90 Å². The van der Waals surface area contributed by atoms with Crippen molar-refractivity contribution in [1.82, 2.24) is 0 Å². The van der Waals surface area contributed by atoms with Gasteiger partial charge in [0, 0.05) is 12.8 Å². The zero-order valence-corrected chi connectivity index (χ0v) is 9.92. The Hall–Kier alpha value is -2.17. The Kier molecular flexibility index (Phi) is 3.14. The zero-order chi connectivity index (χ0) is 13.3. The summed E-state index contributed by atoms with van der Waals surface area (Å²) < 4.78 is 0. The van der Waals surface area contributed by atoms with Crippen LogP contribution >= 0.6 is 0 Å². The van der Waals surface area contributed by atoms with Gasteiger partial charge in [-0.05, 0) is 24.6 Å². The number of carbonyl (C=O) groups is 3. The van der Waals surface area contributed by atoms with Crippen molar-refractivity contribution in [2.24, 2.45) is 0 Å². The summed E-state index contributed by atoms with van der Waals surface area (Å²) in [7, 11) is 0. The van der Waals surface area contributed by atoms with Crippen molar-refractivity contribution in [3.05, 3.63) is 29.8 Å². The van der Waals surface area contributed by atoms with Crippen molar-refractivity contribution in [1.29, 1.82) is 0 Å². The molecular weight excluding hydrogens is 234 g/mol. The first-order chi connectivity index (χ1) is 8.50. The quantitative estimate of drug-likeness (QED) is 0.822. The smallest absolute Gasteiger partial charge is 0.310 e. The number of carboxylic acids is 1. The summed E-state index contributed by atoms with van der Waals surface area (Å²) in [6, 6.07) is 6.48. The number of nitrogens with zero attached hydrogens (tertiary/aromatic N) is 1. The highest BCUT2D eigenvalue weighted by molar-refractivity contribution is 6.19. The van der Waals surface area contributed by atoms with Crippen molar-refractivity contribution in [2.45, 2.75) is 25.7 Å². The molecule has 1 aromatic carbocycles. The second-order valence-corrected chi connectivity index (χ2v) is 4.27. The molecule has 0 spiro atoms. The van der Waals surface area contributed by atoms with Crippen LogP contribution in [0.4, 0.5) is 5.69 Å². The molecule has 2 rings (SSSR count). The average molecular weight is 247 g/mol. The van der Waals surface area contributed by atoms with Crippen LogP contribution < -0.4 is 4.90 Å². The molecule has 0 aromatic heterocycles. The van der Waals surface area contributed by atoms with E-state index in [4.69, 9.17) is 5.11 Å². The van der Waals surface area contributed by atoms with Crippen molar-refractivity contribution < 1.29 is 19.5 Å². The number of hydrogen-bond donors (Lipinski definition) is 1. The molecule has 1 aromatic rings. The molecule has 0 unspecified atom stereocenters. The van der Waals surface area contributed by atoms with Crippen LogP contribution in [0, 0.1) is 0 Å². The van der Waals surface area contributed by atoms with Gasteiger partial charge in [-0.3, -0.25) is 19.3 Å². The van der Waals surface area contributed by atoms with E-state index in [0.29, 0.717) is 11.3 Å². The van der Waals surface area contributed by atoms with E-state index in [1.54, 1.807) is 31.2 Å². The first-order valence-electron chi connectivity index (χ1n) is 5.69. The molecule has 1 aliphatic heterocycles. The fraction of sp³-hybridized carbons (Fsp3) is 0.308. The third kappa shape index (κ3) is 2.11. The molecular formula is C13H13NO4. The minimum atomic E-state index is -0.906. The lowest BCUT2D eigenvalue weighted by molar-refractivity contribution is -0.138. The van der Waals surface area contributed by atoms with E-state index in [-0.39, 0.29) is 24.7 Å². The highest BCUT2D eigenvalue weighted by Crippen LogP contribution is 2.25. The highest BCUT2D eigenvalue weighted by atomic mass is 16.4. The van der Waals surface area contributed by atoms with Gasteiger partial charge in [0.15, 0.2) is 0 Å². The molecule has 1 aliphatic rings. The van der Waals surface area contributed by atoms with Crippen LogP contribution in [-0.4, -0.2) is 22.9 Å². The Morgan fingerprint density at radius 3 is 2.11 bits per heavy atom. The van der Waals surface area contributed by atoms with Crippen molar-refractivity contribution >= 4 is 23.5 Å². The van der Waals surface area contributed by atoms with Crippen LogP contribution in [0.15, 0.2) is 24.3 Å². The van der Waals surface area contributed by atoms with Gasteiger partial charge in [-0.1, -0.05) is 12.1 Å². The number of amides is 2. The summed E-state index contributed by atoms with van der Waals surface area (Å²) in [5.74, 6) is -1.93. The van der Waals surface area contributed by atoms with Gasteiger partial charge in [0.2, 0.25) is 11.8 Å². The Balaban J connectivity index is 2.25. The molecule has 18 heavy (non-hydrogen) atoms. The van der Waals surface area contributed by atoms with E-state index >= 15 is 0 Å². The van der Waals surface area contributed by atoms with E-state index in [2.05, 4.69) is 0 Å². The largest absolute Gasteiger partial charge is 0.481 e. The number of carboxylic acid groups (broad SMARTS) is 1. The number of carbonyl (C=O) groups excluding carboxylic acids is 2. The van der Waals surface area contributed by atoms with E-state index in [0.717, 1.165) is 4.90 Å². The molecule has 1 fully saturated rings. The predicted octanol–water partition coefficient (Wildman–Crippen LogP) is 1.53. The van der Waals surface area contributed by atoms with E-state index in [9.17, 15) is 14.4 Å². The molecule has 5 heteroatoms. The zero-order valence-electron chi connectivity index (χ0n) is 9.92. The van der Waals surface area contributed by atoms with Gasteiger partial charge in [-0.2, -0.15) is 0 Å². The topological polar surface area (TPSA) is 74.7 Å². The van der Waals surface area contributed by atoms with Gasteiger partial charge in [0.05, 0.1) is 11.6 Å². The average Bonchev–Trinajstić information content (AvgIpc) is 2.68. The number of benzene rings is 1. The number of hydrogen-bond acceptors (Lipinski definition) is 3. The van der Waals surface area contributed by atoms with Gasteiger partial charge >= 0.3 is 5.97 Å². The summed E-state index contributed by atoms with van der Waals surface area (Å²) in [6.07, 6.45) is 0.484. The van der Waals surface area contributed by atoms with Crippen LogP contribution in [0.1, 0.15) is 31.2 Å². The summed E-state index contributed by atoms with van der Waals surface area (Å²) in [5.41, 5.74) is 1.15. The maximum absolute atomic E-state index is 11.5. The third-order valence-electron chi connectivity index (χ3n) is 3.07. The molecule has 1 atom stereocenters. The van der Waals surface area contributed by atoms with Crippen molar-refractivity contribution in [3.63, 3.8) is 0 Å². The Labute approximate surface area is 104 Å². The Morgan fingerprint density at radius 2 is 1.67 bits per heavy atom. The molecule has 1 saturated heterocycles. The van der Waals surface area contributed by atoms with Gasteiger partial charge in [-0.25, -0.2) is 0 Å². The fourth-order valence-corrected chi connectivity index (χ4v) is 1.92. The lowest BCUT2D eigenvalue weighted by Crippen LogP contribution is -2.28. The van der Waals surface area contributed by atoms with Gasteiger partial charge in [0.1, 0.15) is 0 Å². The standard InChI is InChI=1S/C13H13NO4/c1-8(13(17)18)9-2-4-10(5-3-9)14-11(15)6-7-12(14)16/h2-5,8H,6-7H2,1H3,(H,17,18)/t8-/m1/s1. The molecule has 2 amide bonds. The number of anilines is 1. The normalized spacial score (nSPS) is 17.1. The minimum absolute atomic E-state index is 0.209. The highest BCUT2D eigenvalue weighted by Gasteiger charge is 2.30. The SMILES string of the molecule is C[C@@H](C(=O)O)c1ccc(N2C(=O)CCC2=O)cc1. The molecule has 0 aliphatic carbocycles. The monoisotopic (exact) mass is 247 g/mol. The predicted molar refractivity (Wildman–Crippen MR) is 64.2 cm³/mol. The summed E-state index contributed by atoms with van der Waals surface area (Å²) in [6.45, 7) is 1.59. The van der Waals surface area contributed by atoms with E-state index < -0.39 is 11.9 Å². The van der Waals surface area contributed by atoms with Crippen molar-refractivity contribution in [3.8, 4) is 0 Å². The first kappa shape index (κ1) is 12.3. The molecule has 1 heterocycles. The van der Waals surface area contributed by atoms with E-state index in [1.165, 1.54) is 0 Å². The Morgan fingerprint density at radius 1 is 1.17 bits per heavy atom. The molecule has 5 nitrogen and oxygen atoms in total. The lowest BCUT2D eigenvalue weighted by atomic mass is 10.0.